The lowest BCUT2D eigenvalue weighted by Crippen LogP contribution is -2.46. The SMILES string of the molecule is CCC(C)n1ncn(-c2ccc(N3CCN(c4ccc(OC[C@H]5CO[C@](Cn6cncn6)(c6ccc(C)cc6C)O5)cc4)CC3)cc2)c1=O. The highest BCUT2D eigenvalue weighted by molar-refractivity contribution is 5.54. The van der Waals surface area contributed by atoms with Crippen LogP contribution >= 0.6 is 0 Å². The fraction of sp³-hybridized carbons (Fsp3) is 0.405. The summed E-state index contributed by atoms with van der Waals surface area (Å²) in [6.45, 7) is 13.0. The lowest BCUT2D eigenvalue weighted by atomic mass is 9.98. The van der Waals surface area contributed by atoms with Gasteiger partial charge in [-0.2, -0.15) is 10.2 Å². The van der Waals surface area contributed by atoms with Crippen LogP contribution in [0.4, 0.5) is 11.4 Å². The molecular weight excluding hydrogens is 620 g/mol. The molecule has 3 aromatic carbocycles. The zero-order valence-corrected chi connectivity index (χ0v) is 28.6. The predicted molar refractivity (Wildman–Crippen MR) is 188 cm³/mol. The fourth-order valence-corrected chi connectivity index (χ4v) is 6.68. The molecule has 3 atom stereocenters. The van der Waals surface area contributed by atoms with Gasteiger partial charge in [0.2, 0.25) is 5.79 Å². The standard InChI is InChI=1S/C37H44N8O4/c1-5-29(4)45-36(46)44(26-40-45)32-9-7-30(8-10-32)41-16-18-42(19-17-41)31-11-13-33(14-12-31)47-21-34-22-48-37(49-34,23-43-25-38-24-39-43)35-15-6-27(2)20-28(35)3/h6-15,20,24-26,29,34H,5,16-19,21-23H2,1-4H3/t29?,34-,37-/m0/s1. The van der Waals surface area contributed by atoms with Gasteiger partial charge >= 0.3 is 5.69 Å². The van der Waals surface area contributed by atoms with Crippen molar-refractivity contribution >= 4 is 11.4 Å². The van der Waals surface area contributed by atoms with E-state index >= 15 is 0 Å². The maximum atomic E-state index is 12.8. The zero-order valence-electron chi connectivity index (χ0n) is 28.6. The van der Waals surface area contributed by atoms with Crippen molar-refractivity contribution in [2.45, 2.75) is 58.6 Å². The molecule has 12 heteroatoms. The Balaban J connectivity index is 0.925. The van der Waals surface area contributed by atoms with Gasteiger partial charge in [-0.15, -0.1) is 0 Å². The third kappa shape index (κ3) is 6.83. The van der Waals surface area contributed by atoms with Crippen LogP contribution in [0, 0.1) is 13.8 Å². The number of aromatic nitrogens is 6. The minimum absolute atomic E-state index is 0.0713. The Morgan fingerprint density at radius 2 is 1.57 bits per heavy atom. The molecule has 2 saturated heterocycles. The van der Waals surface area contributed by atoms with Crippen molar-refractivity contribution in [3.05, 3.63) is 113 Å². The largest absolute Gasteiger partial charge is 0.491 e. The summed E-state index contributed by atoms with van der Waals surface area (Å²) in [4.78, 5) is 21.7. The summed E-state index contributed by atoms with van der Waals surface area (Å²) < 4.78 is 24.1. The molecule has 0 bridgehead atoms. The molecule has 5 aromatic rings. The van der Waals surface area contributed by atoms with E-state index in [2.05, 4.69) is 88.2 Å². The molecule has 256 valence electrons. The molecule has 2 fully saturated rings. The minimum atomic E-state index is -0.968. The molecule has 0 spiro atoms. The normalized spacial score (nSPS) is 20.1. The van der Waals surface area contributed by atoms with E-state index in [0.717, 1.165) is 60.9 Å². The van der Waals surface area contributed by atoms with Crippen LogP contribution in [0.2, 0.25) is 0 Å². The quantitative estimate of drug-likeness (QED) is 0.195. The van der Waals surface area contributed by atoms with Crippen molar-refractivity contribution in [2.24, 2.45) is 0 Å². The van der Waals surface area contributed by atoms with Crippen molar-refractivity contribution < 1.29 is 14.2 Å². The van der Waals surface area contributed by atoms with E-state index in [1.54, 1.807) is 26.6 Å². The first kappa shape index (κ1) is 32.6. The third-order valence-electron chi connectivity index (χ3n) is 9.60. The molecule has 2 aliphatic rings. The summed E-state index contributed by atoms with van der Waals surface area (Å²) >= 11 is 0. The van der Waals surface area contributed by atoms with Crippen LogP contribution in [0.1, 0.15) is 43.0 Å². The van der Waals surface area contributed by atoms with Gasteiger partial charge in [0.25, 0.3) is 0 Å². The van der Waals surface area contributed by atoms with Crippen LogP contribution in [-0.4, -0.2) is 74.6 Å². The molecule has 4 heterocycles. The highest BCUT2D eigenvalue weighted by Gasteiger charge is 2.45. The van der Waals surface area contributed by atoms with Crippen LogP contribution in [0.3, 0.4) is 0 Å². The van der Waals surface area contributed by atoms with Crippen LogP contribution in [0.25, 0.3) is 5.69 Å². The van der Waals surface area contributed by atoms with E-state index in [4.69, 9.17) is 14.2 Å². The van der Waals surface area contributed by atoms with Gasteiger partial charge in [-0.3, -0.25) is 0 Å². The van der Waals surface area contributed by atoms with Crippen molar-refractivity contribution in [2.75, 3.05) is 49.2 Å². The Labute approximate surface area is 286 Å². The summed E-state index contributed by atoms with van der Waals surface area (Å²) in [5.74, 6) is -0.176. The van der Waals surface area contributed by atoms with Gasteiger partial charge in [0.1, 0.15) is 44.0 Å². The lowest BCUT2D eigenvalue weighted by Gasteiger charge is -2.37. The number of ether oxygens (including phenoxy) is 3. The van der Waals surface area contributed by atoms with Gasteiger partial charge in [-0.05, 0) is 81.3 Å². The van der Waals surface area contributed by atoms with E-state index < -0.39 is 5.79 Å². The lowest BCUT2D eigenvalue weighted by molar-refractivity contribution is -0.191. The second-order valence-corrected chi connectivity index (χ2v) is 13.0. The molecule has 2 aromatic heterocycles. The van der Waals surface area contributed by atoms with Crippen molar-refractivity contribution in [3.8, 4) is 11.4 Å². The Hall–Kier alpha value is -4.94. The molecule has 49 heavy (non-hydrogen) atoms. The highest BCUT2D eigenvalue weighted by atomic mass is 16.8. The second-order valence-electron chi connectivity index (χ2n) is 13.0. The minimum Gasteiger partial charge on any atom is -0.491 e. The van der Waals surface area contributed by atoms with E-state index in [1.165, 1.54) is 17.6 Å². The van der Waals surface area contributed by atoms with Crippen LogP contribution in [0.15, 0.2) is 90.5 Å². The van der Waals surface area contributed by atoms with Crippen LogP contribution in [0.5, 0.6) is 5.75 Å². The van der Waals surface area contributed by atoms with Gasteiger partial charge in [0.05, 0.1) is 18.3 Å². The second kappa shape index (κ2) is 13.9. The number of anilines is 2. The number of benzene rings is 3. The van der Waals surface area contributed by atoms with Gasteiger partial charge in [0, 0.05) is 43.1 Å². The first-order valence-corrected chi connectivity index (χ1v) is 17.0. The Kier molecular flexibility index (Phi) is 9.24. The molecule has 0 amide bonds. The van der Waals surface area contributed by atoms with E-state index in [1.807, 2.05) is 31.2 Å². The predicted octanol–water partition coefficient (Wildman–Crippen LogP) is 4.89. The fourth-order valence-electron chi connectivity index (χ4n) is 6.68. The summed E-state index contributed by atoms with van der Waals surface area (Å²) in [5.41, 5.74) is 6.31. The molecule has 12 nitrogen and oxygen atoms in total. The maximum Gasteiger partial charge on any atom is 0.350 e. The number of aryl methyl sites for hydroxylation is 2. The van der Waals surface area contributed by atoms with E-state index in [0.29, 0.717) is 19.8 Å². The molecule has 2 aliphatic heterocycles. The zero-order chi connectivity index (χ0) is 34.0. The number of nitrogens with zero attached hydrogens (tertiary/aromatic N) is 8. The average molecular weight is 665 g/mol. The smallest absolute Gasteiger partial charge is 0.350 e. The van der Waals surface area contributed by atoms with Crippen molar-refractivity contribution in [3.63, 3.8) is 0 Å². The third-order valence-corrected chi connectivity index (χ3v) is 9.60. The average Bonchev–Trinajstić information content (AvgIpc) is 3.88. The summed E-state index contributed by atoms with van der Waals surface area (Å²) in [6.07, 6.45) is 5.42. The summed E-state index contributed by atoms with van der Waals surface area (Å²) in [5, 5.41) is 8.61. The van der Waals surface area contributed by atoms with E-state index in [-0.39, 0.29) is 17.8 Å². The molecule has 0 radical (unpaired) electrons. The topological polar surface area (TPSA) is 105 Å². The molecule has 0 saturated carbocycles. The molecule has 7 rings (SSSR count). The van der Waals surface area contributed by atoms with Crippen LogP contribution < -0.4 is 20.2 Å². The molecule has 0 N–H and O–H groups in total. The molecule has 1 unspecified atom stereocenters. The number of hydrogen-bond acceptors (Lipinski definition) is 9. The van der Waals surface area contributed by atoms with Crippen molar-refractivity contribution in [1.82, 2.24) is 29.1 Å². The van der Waals surface area contributed by atoms with Gasteiger partial charge < -0.3 is 24.0 Å². The monoisotopic (exact) mass is 664 g/mol. The summed E-state index contributed by atoms with van der Waals surface area (Å²) in [7, 11) is 0. The molecular formula is C37H44N8O4. The Bertz CT molecular complexity index is 1900. The molecule has 0 aliphatic carbocycles. The first-order chi connectivity index (χ1) is 23.8. The van der Waals surface area contributed by atoms with Gasteiger partial charge in [-0.25, -0.2) is 23.7 Å². The van der Waals surface area contributed by atoms with Crippen molar-refractivity contribution in [1.29, 1.82) is 0 Å². The maximum absolute atomic E-state index is 12.8. The van der Waals surface area contributed by atoms with Crippen LogP contribution in [-0.2, 0) is 21.8 Å². The van der Waals surface area contributed by atoms with Gasteiger partial charge in [-0.1, -0.05) is 30.7 Å². The number of rotatable bonds is 11. The van der Waals surface area contributed by atoms with Gasteiger partial charge in [0.15, 0.2) is 0 Å². The first-order valence-electron chi connectivity index (χ1n) is 17.0. The highest BCUT2D eigenvalue weighted by Crippen LogP contribution is 2.38. The van der Waals surface area contributed by atoms with E-state index in [9.17, 15) is 4.79 Å². The number of piperazine rings is 1. The Morgan fingerprint density at radius 1 is 0.898 bits per heavy atom. The summed E-state index contributed by atoms with van der Waals surface area (Å²) in [6, 6.07) is 22.8. The Morgan fingerprint density at radius 3 is 2.20 bits per heavy atom. The number of hydrogen-bond donors (Lipinski definition) is 0.